The zero-order chi connectivity index (χ0) is 19.8. The van der Waals surface area contributed by atoms with Gasteiger partial charge < -0.3 is 9.32 Å². The number of furan rings is 1. The van der Waals surface area contributed by atoms with E-state index in [1.807, 2.05) is 6.07 Å². The van der Waals surface area contributed by atoms with Crippen LogP contribution < -0.4 is 0 Å². The minimum Gasteiger partial charge on any atom is -0.465 e. The molecule has 142 valence electrons. The molecule has 1 amide bonds. The Hall–Kier alpha value is -2.15. The third-order valence-electron chi connectivity index (χ3n) is 4.55. The Morgan fingerprint density at radius 3 is 2.33 bits per heavy atom. The molecule has 9 heteroatoms. The molecule has 1 aromatic carbocycles. The summed E-state index contributed by atoms with van der Waals surface area (Å²) >= 11 is 3.38. The summed E-state index contributed by atoms with van der Waals surface area (Å²) in [5, 5.41) is 9.18. The zero-order valence-corrected chi connectivity index (χ0v) is 17.3. The van der Waals surface area contributed by atoms with E-state index in [2.05, 4.69) is 15.9 Å². The summed E-state index contributed by atoms with van der Waals surface area (Å²) in [4.78, 5) is 14.4. The average molecular weight is 452 g/mol. The number of carbonyl (C=O) groups excluding carboxylic acids is 1. The molecule has 0 N–H and O–H groups in total. The smallest absolute Gasteiger partial charge is 0.258 e. The predicted octanol–water partition coefficient (Wildman–Crippen LogP) is 2.68. The molecule has 27 heavy (non-hydrogen) atoms. The summed E-state index contributed by atoms with van der Waals surface area (Å²) in [6.45, 7) is 4.37. The van der Waals surface area contributed by atoms with E-state index in [1.54, 1.807) is 30.9 Å². The van der Waals surface area contributed by atoms with Gasteiger partial charge in [0.25, 0.3) is 5.91 Å². The van der Waals surface area contributed by atoms with Crippen molar-refractivity contribution in [3.05, 3.63) is 51.4 Å². The van der Waals surface area contributed by atoms with Gasteiger partial charge in [0.15, 0.2) is 0 Å². The van der Waals surface area contributed by atoms with Gasteiger partial charge in [-0.05, 0) is 41.9 Å². The molecule has 3 rings (SSSR count). The molecule has 0 spiro atoms. The number of hydrogen-bond acceptors (Lipinski definition) is 5. The molecule has 2 heterocycles. The largest absolute Gasteiger partial charge is 0.465 e. The third kappa shape index (κ3) is 3.52. The molecule has 7 nitrogen and oxygen atoms in total. The second kappa shape index (κ2) is 7.46. The van der Waals surface area contributed by atoms with Gasteiger partial charge in [-0.3, -0.25) is 4.79 Å². The topological polar surface area (TPSA) is 94.6 Å². The first-order valence-corrected chi connectivity index (χ1v) is 10.5. The van der Waals surface area contributed by atoms with Crippen molar-refractivity contribution in [3.63, 3.8) is 0 Å². The normalized spacial score (nSPS) is 15.6. The second-order valence-electron chi connectivity index (χ2n) is 6.21. The summed E-state index contributed by atoms with van der Waals surface area (Å²) in [7, 11) is -3.79. The molecule has 2 aromatic rings. The maximum Gasteiger partial charge on any atom is 0.258 e. The Morgan fingerprint density at radius 2 is 1.78 bits per heavy atom. The number of rotatable bonds is 3. The molecular formula is C18H18BrN3O4S. The molecule has 1 aliphatic heterocycles. The third-order valence-corrected chi connectivity index (χ3v) is 7.46. The predicted molar refractivity (Wildman–Crippen MR) is 102 cm³/mol. The Kier molecular flexibility index (Phi) is 5.42. The number of carbonyl (C=O) groups is 1. The molecule has 1 saturated heterocycles. The van der Waals surface area contributed by atoms with Gasteiger partial charge in [0, 0.05) is 26.2 Å². The van der Waals surface area contributed by atoms with Crippen molar-refractivity contribution < 1.29 is 17.6 Å². The molecule has 0 aliphatic carbocycles. The van der Waals surface area contributed by atoms with Crippen LogP contribution in [0.15, 0.2) is 38.1 Å². The van der Waals surface area contributed by atoms with Crippen LogP contribution in [0.4, 0.5) is 0 Å². The van der Waals surface area contributed by atoms with Gasteiger partial charge in [0.2, 0.25) is 10.0 Å². The maximum atomic E-state index is 12.9. The van der Waals surface area contributed by atoms with Gasteiger partial charge in [-0.15, -0.1) is 0 Å². The van der Waals surface area contributed by atoms with Crippen LogP contribution >= 0.6 is 15.9 Å². The Bertz CT molecular complexity index is 1030. The maximum absolute atomic E-state index is 12.9. The Labute approximate surface area is 166 Å². The van der Waals surface area contributed by atoms with Gasteiger partial charge in [-0.2, -0.15) is 9.57 Å². The number of benzene rings is 1. The lowest BCUT2D eigenvalue weighted by atomic mass is 10.2. The fourth-order valence-electron chi connectivity index (χ4n) is 3.11. The first-order valence-electron chi connectivity index (χ1n) is 8.31. The highest BCUT2D eigenvalue weighted by Gasteiger charge is 2.33. The summed E-state index contributed by atoms with van der Waals surface area (Å²) in [6.07, 6.45) is 0. The van der Waals surface area contributed by atoms with E-state index in [0.29, 0.717) is 21.6 Å². The van der Waals surface area contributed by atoms with Gasteiger partial charge in [-0.1, -0.05) is 12.1 Å². The first-order chi connectivity index (χ1) is 12.8. The van der Waals surface area contributed by atoms with Crippen LogP contribution in [-0.2, 0) is 10.0 Å². The minimum absolute atomic E-state index is 0.00340. The van der Waals surface area contributed by atoms with Gasteiger partial charge in [0.1, 0.15) is 17.6 Å². The number of amides is 1. The van der Waals surface area contributed by atoms with Crippen molar-refractivity contribution in [1.82, 2.24) is 9.21 Å². The molecular weight excluding hydrogens is 434 g/mol. The number of sulfonamides is 1. The van der Waals surface area contributed by atoms with E-state index < -0.39 is 10.0 Å². The van der Waals surface area contributed by atoms with E-state index in [0.717, 1.165) is 0 Å². The zero-order valence-electron chi connectivity index (χ0n) is 14.9. The van der Waals surface area contributed by atoms with Crippen LogP contribution in [0, 0.1) is 25.2 Å². The van der Waals surface area contributed by atoms with E-state index in [4.69, 9.17) is 4.42 Å². The minimum atomic E-state index is -3.79. The monoisotopic (exact) mass is 451 g/mol. The second-order valence-corrected chi connectivity index (χ2v) is 8.91. The van der Waals surface area contributed by atoms with Crippen molar-refractivity contribution in [2.24, 2.45) is 0 Å². The summed E-state index contributed by atoms with van der Waals surface area (Å²) < 4.78 is 33.2. The van der Waals surface area contributed by atoms with Gasteiger partial charge >= 0.3 is 0 Å². The van der Waals surface area contributed by atoms with Crippen molar-refractivity contribution in [2.45, 2.75) is 18.7 Å². The van der Waals surface area contributed by atoms with E-state index in [9.17, 15) is 18.5 Å². The lowest BCUT2D eigenvalue weighted by molar-refractivity contribution is 0.0695. The summed E-state index contributed by atoms with van der Waals surface area (Å²) in [6, 6.07) is 8.05. The van der Waals surface area contributed by atoms with Crippen LogP contribution in [-0.4, -0.2) is 49.7 Å². The SMILES string of the molecule is Cc1oc(C)c(C(=O)N2CCN(S(=O)(=O)c3ccccc3C#N)CC2)c1Br. The van der Waals surface area contributed by atoms with E-state index in [1.165, 1.54) is 16.4 Å². The lowest BCUT2D eigenvalue weighted by Crippen LogP contribution is -2.50. The van der Waals surface area contributed by atoms with Crippen LogP contribution in [0.5, 0.6) is 0 Å². The molecule has 0 unspecified atom stereocenters. The number of nitriles is 1. The molecule has 0 radical (unpaired) electrons. The van der Waals surface area contributed by atoms with E-state index in [-0.39, 0.29) is 42.5 Å². The highest BCUT2D eigenvalue weighted by molar-refractivity contribution is 9.10. The summed E-state index contributed by atoms with van der Waals surface area (Å²) in [5.41, 5.74) is 0.586. The Morgan fingerprint density at radius 1 is 1.15 bits per heavy atom. The molecule has 0 bridgehead atoms. The quantitative estimate of drug-likeness (QED) is 0.714. The Balaban J connectivity index is 1.77. The number of piperazine rings is 1. The molecule has 0 atom stereocenters. The lowest BCUT2D eigenvalue weighted by Gasteiger charge is -2.34. The summed E-state index contributed by atoms with van der Waals surface area (Å²) in [5.74, 6) is 0.971. The average Bonchev–Trinajstić information content (AvgIpc) is 2.93. The molecule has 1 aliphatic rings. The standard InChI is InChI=1S/C18H18BrN3O4S/c1-12-16(17(19)13(2)26-12)18(23)21-7-9-22(10-8-21)27(24,25)15-6-4-3-5-14(15)11-20/h3-6H,7-10H2,1-2H3. The number of nitrogens with zero attached hydrogens (tertiary/aromatic N) is 3. The van der Waals surface area contributed by atoms with Crippen molar-refractivity contribution >= 4 is 31.9 Å². The van der Waals surface area contributed by atoms with Crippen molar-refractivity contribution in [3.8, 4) is 6.07 Å². The van der Waals surface area contributed by atoms with E-state index >= 15 is 0 Å². The van der Waals surface area contributed by atoms with Crippen LogP contribution in [0.1, 0.15) is 27.4 Å². The van der Waals surface area contributed by atoms with Gasteiger partial charge in [-0.25, -0.2) is 8.42 Å². The fraction of sp³-hybridized carbons (Fsp3) is 0.333. The first kappa shape index (κ1) is 19.6. The highest BCUT2D eigenvalue weighted by Crippen LogP contribution is 2.29. The molecule has 1 aromatic heterocycles. The van der Waals surface area contributed by atoms with Crippen LogP contribution in [0.2, 0.25) is 0 Å². The molecule has 0 saturated carbocycles. The van der Waals surface area contributed by atoms with Crippen molar-refractivity contribution in [2.75, 3.05) is 26.2 Å². The van der Waals surface area contributed by atoms with Crippen LogP contribution in [0.25, 0.3) is 0 Å². The molecule has 1 fully saturated rings. The van der Waals surface area contributed by atoms with Gasteiger partial charge in [0.05, 0.1) is 20.5 Å². The highest BCUT2D eigenvalue weighted by atomic mass is 79.9. The number of halogens is 1. The number of aryl methyl sites for hydroxylation is 2. The number of hydrogen-bond donors (Lipinski definition) is 0. The fourth-order valence-corrected chi connectivity index (χ4v) is 5.21. The van der Waals surface area contributed by atoms with Crippen molar-refractivity contribution in [1.29, 1.82) is 5.26 Å². The van der Waals surface area contributed by atoms with Crippen LogP contribution in [0.3, 0.4) is 0 Å².